The number of carbonyl (C=O) groups is 3. The molecule has 1 N–H and O–H groups in total. The maximum Gasteiger partial charge on any atom is 0.410 e. The van der Waals surface area contributed by atoms with Crippen LogP contribution in [0.3, 0.4) is 0 Å². The maximum atomic E-state index is 13.5. The fraction of sp³-hybridized carbons (Fsp3) is 0.344. The first-order chi connectivity index (χ1) is 20.1. The molecule has 0 aromatic heterocycles. The van der Waals surface area contributed by atoms with Crippen LogP contribution in [0.1, 0.15) is 26.3 Å². The number of piperazine rings is 1. The van der Waals surface area contributed by atoms with Crippen molar-refractivity contribution in [2.45, 2.75) is 32.9 Å². The van der Waals surface area contributed by atoms with E-state index in [4.69, 9.17) is 21.1 Å². The SMILES string of the molecule is CC(C)(C)OC(=O)N1CCN(C(=O)CN(CC(=O)NCc2cccc(Cl)c2)c2ccccc2Oc2ccccc2)CC1. The molecular weight excluding hydrogens is 556 g/mol. The van der Waals surface area contributed by atoms with Crippen molar-refractivity contribution in [3.05, 3.63) is 89.4 Å². The molecule has 0 spiro atoms. The zero-order valence-corrected chi connectivity index (χ0v) is 25.0. The van der Waals surface area contributed by atoms with Crippen LogP contribution in [-0.2, 0) is 20.9 Å². The van der Waals surface area contributed by atoms with Gasteiger partial charge in [-0.05, 0) is 62.7 Å². The van der Waals surface area contributed by atoms with E-state index in [1.165, 1.54) is 0 Å². The third-order valence-corrected chi connectivity index (χ3v) is 6.74. The summed E-state index contributed by atoms with van der Waals surface area (Å²) in [4.78, 5) is 44.2. The van der Waals surface area contributed by atoms with Crippen LogP contribution in [0.25, 0.3) is 0 Å². The number of hydrogen-bond donors (Lipinski definition) is 1. The molecule has 222 valence electrons. The molecule has 0 radical (unpaired) electrons. The monoisotopic (exact) mass is 592 g/mol. The van der Waals surface area contributed by atoms with E-state index in [9.17, 15) is 14.4 Å². The molecule has 1 aliphatic rings. The molecule has 0 aliphatic carbocycles. The van der Waals surface area contributed by atoms with Gasteiger partial charge in [0.2, 0.25) is 11.8 Å². The molecule has 0 unspecified atom stereocenters. The van der Waals surface area contributed by atoms with Crippen LogP contribution in [0, 0.1) is 0 Å². The summed E-state index contributed by atoms with van der Waals surface area (Å²) in [5, 5.41) is 3.51. The number of para-hydroxylation sites is 3. The van der Waals surface area contributed by atoms with Crippen LogP contribution in [0.15, 0.2) is 78.9 Å². The number of rotatable bonds is 9. The second kappa shape index (κ2) is 14.1. The Balaban J connectivity index is 1.47. The Morgan fingerprint density at radius 3 is 2.21 bits per heavy atom. The zero-order valence-electron chi connectivity index (χ0n) is 24.2. The lowest BCUT2D eigenvalue weighted by atomic mass is 10.2. The van der Waals surface area contributed by atoms with Crippen molar-refractivity contribution in [3.63, 3.8) is 0 Å². The molecule has 1 heterocycles. The lowest BCUT2D eigenvalue weighted by Gasteiger charge is -2.36. The first-order valence-electron chi connectivity index (χ1n) is 13.9. The molecule has 4 rings (SSSR count). The summed E-state index contributed by atoms with van der Waals surface area (Å²) in [5.41, 5.74) is 0.891. The van der Waals surface area contributed by atoms with Crippen LogP contribution >= 0.6 is 11.6 Å². The van der Waals surface area contributed by atoms with E-state index < -0.39 is 5.60 Å². The minimum absolute atomic E-state index is 0.0494. The molecule has 0 atom stereocenters. The van der Waals surface area contributed by atoms with Gasteiger partial charge in [-0.15, -0.1) is 0 Å². The number of hydrogen-bond acceptors (Lipinski definition) is 6. The van der Waals surface area contributed by atoms with E-state index in [2.05, 4.69) is 5.32 Å². The first kappa shape index (κ1) is 30.7. The van der Waals surface area contributed by atoms with Crippen molar-refractivity contribution in [1.29, 1.82) is 0 Å². The predicted molar refractivity (Wildman–Crippen MR) is 163 cm³/mol. The number of nitrogens with zero attached hydrogens (tertiary/aromatic N) is 3. The average Bonchev–Trinajstić information content (AvgIpc) is 2.96. The van der Waals surface area contributed by atoms with E-state index >= 15 is 0 Å². The van der Waals surface area contributed by atoms with Gasteiger partial charge in [-0.2, -0.15) is 0 Å². The second-order valence-electron chi connectivity index (χ2n) is 11.0. The standard InChI is InChI=1S/C32H37ClN4O5/c1-32(2,3)42-31(40)36-18-16-35(17-19-36)30(39)23-37(22-29(38)34-21-24-10-9-11-25(33)20-24)27-14-7-8-15-28(27)41-26-12-5-4-6-13-26/h4-15,20H,16-19,21-23H2,1-3H3,(H,34,38). The summed E-state index contributed by atoms with van der Waals surface area (Å²) in [6.07, 6.45) is -0.389. The summed E-state index contributed by atoms with van der Waals surface area (Å²) in [7, 11) is 0. The Bertz CT molecular complexity index is 1370. The van der Waals surface area contributed by atoms with Crippen molar-refractivity contribution in [2.24, 2.45) is 0 Å². The van der Waals surface area contributed by atoms with Gasteiger partial charge in [0.25, 0.3) is 0 Å². The van der Waals surface area contributed by atoms with Gasteiger partial charge in [0.15, 0.2) is 5.75 Å². The molecule has 0 bridgehead atoms. The van der Waals surface area contributed by atoms with Gasteiger partial charge in [-0.25, -0.2) is 4.79 Å². The summed E-state index contributed by atoms with van der Waals surface area (Å²) in [6.45, 7) is 7.13. The highest BCUT2D eigenvalue weighted by Crippen LogP contribution is 2.32. The lowest BCUT2D eigenvalue weighted by Crippen LogP contribution is -2.54. The third kappa shape index (κ3) is 9.14. The fourth-order valence-corrected chi connectivity index (χ4v) is 4.66. The highest BCUT2D eigenvalue weighted by molar-refractivity contribution is 6.30. The Labute approximate surface area is 251 Å². The minimum Gasteiger partial charge on any atom is -0.455 e. The molecule has 1 aliphatic heterocycles. The normalized spacial score (nSPS) is 13.3. The van der Waals surface area contributed by atoms with E-state index in [1.54, 1.807) is 26.8 Å². The molecule has 1 fully saturated rings. The quantitative estimate of drug-likeness (QED) is 0.361. The van der Waals surface area contributed by atoms with E-state index in [-0.39, 0.29) is 31.0 Å². The Morgan fingerprint density at radius 1 is 0.857 bits per heavy atom. The van der Waals surface area contributed by atoms with Crippen LogP contribution in [0.2, 0.25) is 5.02 Å². The second-order valence-corrected chi connectivity index (χ2v) is 11.4. The maximum absolute atomic E-state index is 13.5. The van der Waals surface area contributed by atoms with Crippen molar-refractivity contribution in [2.75, 3.05) is 44.2 Å². The van der Waals surface area contributed by atoms with E-state index in [1.807, 2.05) is 87.5 Å². The highest BCUT2D eigenvalue weighted by atomic mass is 35.5. The average molecular weight is 593 g/mol. The number of amides is 3. The lowest BCUT2D eigenvalue weighted by molar-refractivity contribution is -0.131. The van der Waals surface area contributed by atoms with Gasteiger partial charge in [0.05, 0.1) is 18.8 Å². The molecule has 1 saturated heterocycles. The third-order valence-electron chi connectivity index (χ3n) is 6.50. The number of benzene rings is 3. The Morgan fingerprint density at radius 2 is 1.52 bits per heavy atom. The van der Waals surface area contributed by atoms with Crippen LogP contribution < -0.4 is 15.0 Å². The van der Waals surface area contributed by atoms with E-state index in [0.717, 1.165) is 5.56 Å². The molecule has 3 aromatic rings. The number of halogens is 1. The molecule has 42 heavy (non-hydrogen) atoms. The van der Waals surface area contributed by atoms with Crippen molar-refractivity contribution >= 4 is 35.2 Å². The van der Waals surface area contributed by atoms with E-state index in [0.29, 0.717) is 54.9 Å². The van der Waals surface area contributed by atoms with Gasteiger partial charge in [0, 0.05) is 37.7 Å². The molecule has 9 nitrogen and oxygen atoms in total. The van der Waals surface area contributed by atoms with Crippen LogP contribution in [0.4, 0.5) is 10.5 Å². The van der Waals surface area contributed by atoms with Gasteiger partial charge in [-0.1, -0.05) is 54.1 Å². The topological polar surface area (TPSA) is 91.4 Å². The number of anilines is 1. The molecule has 3 aromatic carbocycles. The highest BCUT2D eigenvalue weighted by Gasteiger charge is 2.29. The fourth-order valence-electron chi connectivity index (χ4n) is 4.45. The molecular formula is C32H37ClN4O5. The number of ether oxygens (including phenoxy) is 2. The van der Waals surface area contributed by atoms with Gasteiger partial charge < -0.3 is 29.5 Å². The largest absolute Gasteiger partial charge is 0.455 e. The number of carbonyl (C=O) groups excluding carboxylic acids is 3. The van der Waals surface area contributed by atoms with Gasteiger partial charge in [0.1, 0.15) is 11.4 Å². The molecule has 0 saturated carbocycles. The number of nitrogens with one attached hydrogen (secondary N) is 1. The van der Waals surface area contributed by atoms with Gasteiger partial charge >= 0.3 is 6.09 Å². The predicted octanol–water partition coefficient (Wildman–Crippen LogP) is 5.33. The molecule has 3 amide bonds. The smallest absolute Gasteiger partial charge is 0.410 e. The Kier molecular flexibility index (Phi) is 10.3. The van der Waals surface area contributed by atoms with Crippen LogP contribution in [0.5, 0.6) is 11.5 Å². The Hall–Kier alpha value is -4.24. The summed E-state index contributed by atoms with van der Waals surface area (Å²) in [5.74, 6) is 0.747. The summed E-state index contributed by atoms with van der Waals surface area (Å²) < 4.78 is 11.6. The molecule has 10 heteroatoms. The van der Waals surface area contributed by atoms with Gasteiger partial charge in [-0.3, -0.25) is 9.59 Å². The minimum atomic E-state index is -0.590. The van der Waals surface area contributed by atoms with Crippen molar-refractivity contribution < 1.29 is 23.9 Å². The summed E-state index contributed by atoms with van der Waals surface area (Å²) >= 11 is 6.09. The van der Waals surface area contributed by atoms with Crippen molar-refractivity contribution in [3.8, 4) is 11.5 Å². The first-order valence-corrected chi connectivity index (χ1v) is 14.3. The zero-order chi connectivity index (χ0) is 30.1. The summed E-state index contributed by atoms with van der Waals surface area (Å²) in [6, 6.07) is 23.9. The van der Waals surface area contributed by atoms with Crippen molar-refractivity contribution in [1.82, 2.24) is 15.1 Å². The van der Waals surface area contributed by atoms with Crippen LogP contribution in [-0.4, -0.2) is 72.6 Å².